The van der Waals surface area contributed by atoms with Gasteiger partial charge in [-0.05, 0) is 42.3 Å². The van der Waals surface area contributed by atoms with E-state index in [4.69, 9.17) is 9.47 Å². The molecule has 0 fully saturated rings. The van der Waals surface area contributed by atoms with E-state index < -0.39 is 0 Å². The number of methoxy groups -OCH3 is 1. The second-order valence-corrected chi connectivity index (χ2v) is 6.56. The number of hydrogen-bond acceptors (Lipinski definition) is 4. The van der Waals surface area contributed by atoms with Crippen molar-refractivity contribution in [1.29, 1.82) is 0 Å². The van der Waals surface area contributed by atoms with Gasteiger partial charge in [0.15, 0.2) is 12.4 Å². The lowest BCUT2D eigenvalue weighted by Crippen LogP contribution is -2.33. The molecule has 1 amide bonds. The molecule has 5 nitrogen and oxygen atoms in total. The van der Waals surface area contributed by atoms with E-state index in [9.17, 15) is 9.59 Å². The topological polar surface area (TPSA) is 64.6 Å². The first-order chi connectivity index (χ1) is 14.1. The summed E-state index contributed by atoms with van der Waals surface area (Å²) < 4.78 is 10.8. The number of ether oxygens (including phenoxy) is 2. The van der Waals surface area contributed by atoms with Gasteiger partial charge in [-0.15, -0.1) is 0 Å². The predicted octanol–water partition coefficient (Wildman–Crippen LogP) is 4.18. The van der Waals surface area contributed by atoms with E-state index in [1.54, 1.807) is 31.4 Å². The van der Waals surface area contributed by atoms with Gasteiger partial charge in [0.1, 0.15) is 11.5 Å². The van der Waals surface area contributed by atoms with Crippen molar-refractivity contribution in [2.45, 2.75) is 13.0 Å². The highest BCUT2D eigenvalue weighted by atomic mass is 16.5. The van der Waals surface area contributed by atoms with E-state index in [0.29, 0.717) is 11.3 Å². The highest BCUT2D eigenvalue weighted by Gasteiger charge is 2.17. The summed E-state index contributed by atoms with van der Waals surface area (Å²) in [7, 11) is 1.61. The van der Waals surface area contributed by atoms with Gasteiger partial charge < -0.3 is 14.8 Å². The average Bonchev–Trinajstić information content (AvgIpc) is 2.77. The Morgan fingerprint density at radius 1 is 0.862 bits per heavy atom. The van der Waals surface area contributed by atoms with E-state index in [2.05, 4.69) is 5.32 Å². The number of Topliss-reactive ketones (excluding diaryl/α,β-unsaturated/α-hetero) is 1. The molecule has 3 aromatic rings. The van der Waals surface area contributed by atoms with E-state index in [1.807, 2.05) is 54.6 Å². The molecule has 29 heavy (non-hydrogen) atoms. The minimum atomic E-state index is -0.318. The maximum atomic E-state index is 12.6. The quantitative estimate of drug-likeness (QED) is 0.587. The molecule has 0 radical (unpaired) electrons. The van der Waals surface area contributed by atoms with Crippen LogP contribution in [-0.4, -0.2) is 25.4 Å². The molecule has 0 bridgehead atoms. The van der Waals surface area contributed by atoms with E-state index in [-0.39, 0.29) is 24.3 Å². The third kappa shape index (κ3) is 5.45. The molecule has 0 spiro atoms. The first-order valence-electron chi connectivity index (χ1n) is 9.29. The normalized spacial score (nSPS) is 11.4. The standard InChI is InChI=1S/C24H23NO4/c1-17(26)20-9-6-10-22(15-20)29-16-23(27)25-24(18-7-4-3-5-8-18)19-11-13-21(28-2)14-12-19/h3-15,24H,16H2,1-2H3,(H,25,27). The molecule has 0 heterocycles. The zero-order chi connectivity index (χ0) is 20.6. The Bertz CT molecular complexity index is 968. The SMILES string of the molecule is COc1ccc(C(NC(=O)COc2cccc(C(C)=O)c2)c2ccccc2)cc1. The van der Waals surface area contributed by atoms with Gasteiger partial charge in [0, 0.05) is 5.56 Å². The van der Waals surface area contributed by atoms with Crippen LogP contribution in [0.5, 0.6) is 11.5 Å². The first kappa shape index (κ1) is 20.1. The maximum Gasteiger partial charge on any atom is 0.258 e. The molecule has 1 unspecified atom stereocenters. The molecule has 3 aromatic carbocycles. The Labute approximate surface area is 170 Å². The summed E-state index contributed by atoms with van der Waals surface area (Å²) in [6.07, 6.45) is 0. The van der Waals surface area contributed by atoms with Crippen molar-refractivity contribution in [3.8, 4) is 11.5 Å². The number of nitrogens with one attached hydrogen (secondary N) is 1. The van der Waals surface area contributed by atoms with Gasteiger partial charge in [-0.1, -0.05) is 54.6 Å². The first-order valence-corrected chi connectivity index (χ1v) is 9.29. The number of benzene rings is 3. The van der Waals surface area contributed by atoms with Gasteiger partial charge in [0.2, 0.25) is 0 Å². The number of ketones is 1. The minimum Gasteiger partial charge on any atom is -0.497 e. The Hall–Kier alpha value is -3.60. The van der Waals surface area contributed by atoms with Crippen LogP contribution >= 0.6 is 0 Å². The molecule has 1 atom stereocenters. The monoisotopic (exact) mass is 389 g/mol. The van der Waals surface area contributed by atoms with Crippen LogP contribution in [0.3, 0.4) is 0 Å². The fourth-order valence-electron chi connectivity index (χ4n) is 2.96. The number of hydrogen-bond donors (Lipinski definition) is 1. The largest absolute Gasteiger partial charge is 0.497 e. The lowest BCUT2D eigenvalue weighted by atomic mass is 9.98. The number of rotatable bonds is 8. The van der Waals surface area contributed by atoms with Crippen molar-refractivity contribution >= 4 is 11.7 Å². The van der Waals surface area contributed by atoms with Gasteiger partial charge in [-0.25, -0.2) is 0 Å². The smallest absolute Gasteiger partial charge is 0.258 e. The van der Waals surface area contributed by atoms with Crippen molar-refractivity contribution in [3.05, 3.63) is 95.6 Å². The third-order valence-corrected chi connectivity index (χ3v) is 4.50. The summed E-state index contributed by atoms with van der Waals surface area (Å²) in [5.74, 6) is 0.917. The van der Waals surface area contributed by atoms with Crippen LogP contribution in [0.25, 0.3) is 0 Å². The third-order valence-electron chi connectivity index (χ3n) is 4.50. The van der Waals surface area contributed by atoms with E-state index >= 15 is 0 Å². The lowest BCUT2D eigenvalue weighted by molar-refractivity contribution is -0.123. The van der Waals surface area contributed by atoms with Crippen LogP contribution < -0.4 is 14.8 Å². The number of carbonyl (C=O) groups excluding carboxylic acids is 2. The van der Waals surface area contributed by atoms with Gasteiger partial charge in [0.25, 0.3) is 5.91 Å². The summed E-state index contributed by atoms with van der Waals surface area (Å²) in [4.78, 5) is 24.1. The molecule has 5 heteroatoms. The van der Waals surface area contributed by atoms with Crippen LogP contribution in [0.2, 0.25) is 0 Å². The molecule has 148 valence electrons. The van der Waals surface area contributed by atoms with Crippen LogP contribution in [0.15, 0.2) is 78.9 Å². The van der Waals surface area contributed by atoms with Gasteiger partial charge >= 0.3 is 0 Å². The highest BCUT2D eigenvalue weighted by Crippen LogP contribution is 2.24. The van der Waals surface area contributed by atoms with E-state index in [0.717, 1.165) is 16.9 Å². The highest BCUT2D eigenvalue weighted by molar-refractivity contribution is 5.94. The molecule has 0 saturated heterocycles. The molecular weight excluding hydrogens is 366 g/mol. The van der Waals surface area contributed by atoms with Crippen LogP contribution in [-0.2, 0) is 4.79 Å². The van der Waals surface area contributed by atoms with Crippen LogP contribution in [0.4, 0.5) is 0 Å². The van der Waals surface area contributed by atoms with Crippen molar-refractivity contribution < 1.29 is 19.1 Å². The molecule has 1 N–H and O–H groups in total. The second kappa shape index (κ2) is 9.55. The zero-order valence-electron chi connectivity index (χ0n) is 16.4. The Morgan fingerprint density at radius 3 is 2.21 bits per heavy atom. The van der Waals surface area contributed by atoms with Crippen LogP contribution in [0, 0.1) is 0 Å². The summed E-state index contributed by atoms with van der Waals surface area (Å²) in [5.41, 5.74) is 2.44. The van der Waals surface area contributed by atoms with E-state index in [1.165, 1.54) is 6.92 Å². The molecule has 0 aromatic heterocycles. The summed E-state index contributed by atoms with van der Waals surface area (Å²) in [5, 5.41) is 3.02. The summed E-state index contributed by atoms with van der Waals surface area (Å²) in [6, 6.07) is 23.8. The number of carbonyl (C=O) groups is 2. The molecule has 3 rings (SSSR count). The lowest BCUT2D eigenvalue weighted by Gasteiger charge is -2.20. The number of amides is 1. The Balaban J connectivity index is 1.72. The van der Waals surface area contributed by atoms with Crippen molar-refractivity contribution in [2.24, 2.45) is 0 Å². The molecule has 0 aliphatic carbocycles. The minimum absolute atomic E-state index is 0.0523. The Kier molecular flexibility index (Phi) is 6.63. The molecular formula is C24H23NO4. The Morgan fingerprint density at radius 2 is 1.55 bits per heavy atom. The summed E-state index contributed by atoms with van der Waals surface area (Å²) >= 11 is 0. The van der Waals surface area contributed by atoms with Gasteiger partial charge in [-0.2, -0.15) is 0 Å². The molecule has 0 saturated carbocycles. The molecule has 0 aliphatic rings. The zero-order valence-corrected chi connectivity index (χ0v) is 16.4. The second-order valence-electron chi connectivity index (χ2n) is 6.56. The van der Waals surface area contributed by atoms with Gasteiger partial charge in [0.05, 0.1) is 13.2 Å². The molecule has 0 aliphatic heterocycles. The average molecular weight is 389 g/mol. The van der Waals surface area contributed by atoms with Crippen LogP contribution in [0.1, 0.15) is 34.5 Å². The van der Waals surface area contributed by atoms with Crippen molar-refractivity contribution in [3.63, 3.8) is 0 Å². The predicted molar refractivity (Wildman–Crippen MR) is 111 cm³/mol. The fraction of sp³-hybridized carbons (Fsp3) is 0.167. The fourth-order valence-corrected chi connectivity index (χ4v) is 2.96. The van der Waals surface area contributed by atoms with Gasteiger partial charge in [-0.3, -0.25) is 9.59 Å². The maximum absolute atomic E-state index is 12.6. The van der Waals surface area contributed by atoms with Crippen molar-refractivity contribution in [2.75, 3.05) is 13.7 Å². The summed E-state index contributed by atoms with van der Waals surface area (Å²) in [6.45, 7) is 1.34. The van der Waals surface area contributed by atoms with Crippen molar-refractivity contribution in [1.82, 2.24) is 5.32 Å².